The second-order valence-electron chi connectivity index (χ2n) is 8.07. The first-order valence-electron chi connectivity index (χ1n) is 11.9. The second-order valence-corrected chi connectivity index (χ2v) is 8.07. The fourth-order valence-electron chi connectivity index (χ4n) is 3.67. The highest BCUT2D eigenvalue weighted by atomic mass is 16.5. The minimum absolute atomic E-state index is 0.529. The molecular weight excluding hydrogens is 304 g/mol. The van der Waals surface area contributed by atoms with Gasteiger partial charge in [0.25, 0.3) is 0 Å². The first-order chi connectivity index (χ1) is 12.3. The first-order valence-corrected chi connectivity index (χ1v) is 11.9. The van der Waals surface area contributed by atoms with E-state index in [1.807, 2.05) is 0 Å². The molecule has 0 rings (SSSR count). The first kappa shape index (κ1) is 25.0. The van der Waals surface area contributed by atoms with Crippen molar-refractivity contribution in [3.8, 4) is 0 Å². The average Bonchev–Trinajstić information content (AvgIpc) is 2.62. The van der Waals surface area contributed by atoms with E-state index in [1.165, 1.54) is 116 Å². The molecular formula is C24H50O. The summed E-state index contributed by atoms with van der Waals surface area (Å²) in [6.07, 6.45) is 25.3. The Balaban J connectivity index is 4.36. The number of ether oxygens (including phenoxy) is 1. The Morgan fingerprint density at radius 2 is 0.680 bits per heavy atom. The van der Waals surface area contributed by atoms with E-state index in [1.54, 1.807) is 0 Å². The molecule has 0 aromatic heterocycles. The van der Waals surface area contributed by atoms with Crippen LogP contribution in [0.5, 0.6) is 0 Å². The van der Waals surface area contributed by atoms with Crippen LogP contribution in [0.15, 0.2) is 0 Å². The molecule has 0 aliphatic heterocycles. The summed E-state index contributed by atoms with van der Waals surface area (Å²) in [5, 5.41) is 0. The minimum atomic E-state index is 0.529. The summed E-state index contributed by atoms with van der Waals surface area (Å²) in [6.45, 7) is 9.21. The Bertz CT molecular complexity index is 214. The van der Waals surface area contributed by atoms with Crippen molar-refractivity contribution in [3.63, 3.8) is 0 Å². The molecule has 0 radical (unpaired) electrons. The summed E-state index contributed by atoms with van der Waals surface area (Å²) < 4.78 is 6.70. The molecule has 0 heterocycles. The van der Waals surface area contributed by atoms with Crippen LogP contribution in [0.25, 0.3) is 0 Å². The maximum Gasteiger partial charge on any atom is 0.0578 e. The lowest BCUT2D eigenvalue weighted by Gasteiger charge is -2.26. The fraction of sp³-hybridized carbons (Fsp3) is 1.00. The van der Waals surface area contributed by atoms with Gasteiger partial charge < -0.3 is 4.74 Å². The van der Waals surface area contributed by atoms with Crippen LogP contribution >= 0.6 is 0 Å². The zero-order valence-electron chi connectivity index (χ0n) is 18.3. The molecule has 152 valence electrons. The molecule has 1 heteroatoms. The van der Waals surface area contributed by atoms with E-state index >= 15 is 0 Å². The molecule has 0 saturated carbocycles. The van der Waals surface area contributed by atoms with Crippen LogP contribution in [-0.4, -0.2) is 12.2 Å². The van der Waals surface area contributed by atoms with Gasteiger partial charge in [0.05, 0.1) is 12.2 Å². The monoisotopic (exact) mass is 354 g/mol. The maximum absolute atomic E-state index is 6.70. The van der Waals surface area contributed by atoms with Crippen LogP contribution in [-0.2, 0) is 4.74 Å². The highest BCUT2D eigenvalue weighted by Gasteiger charge is 2.16. The number of hydrogen-bond acceptors (Lipinski definition) is 1. The SMILES string of the molecule is CCCCCCC(CCCCC)OC(CCCCC)CCCCCC. The van der Waals surface area contributed by atoms with Crippen molar-refractivity contribution in [3.05, 3.63) is 0 Å². The second kappa shape index (κ2) is 20.3. The van der Waals surface area contributed by atoms with Crippen LogP contribution in [0.2, 0.25) is 0 Å². The topological polar surface area (TPSA) is 9.23 Å². The van der Waals surface area contributed by atoms with Gasteiger partial charge in [-0.1, -0.05) is 118 Å². The molecule has 0 saturated heterocycles. The Kier molecular flexibility index (Phi) is 20.2. The zero-order chi connectivity index (χ0) is 18.6. The van der Waals surface area contributed by atoms with Gasteiger partial charge in [0.2, 0.25) is 0 Å². The van der Waals surface area contributed by atoms with E-state index in [2.05, 4.69) is 27.7 Å². The molecule has 0 fully saturated rings. The number of unbranched alkanes of at least 4 members (excludes halogenated alkanes) is 10. The van der Waals surface area contributed by atoms with Gasteiger partial charge in [-0.2, -0.15) is 0 Å². The van der Waals surface area contributed by atoms with Crippen LogP contribution < -0.4 is 0 Å². The highest BCUT2D eigenvalue weighted by molar-refractivity contribution is 4.66. The molecule has 0 bridgehead atoms. The summed E-state index contributed by atoms with van der Waals surface area (Å²) in [5.41, 5.74) is 0. The van der Waals surface area contributed by atoms with E-state index in [9.17, 15) is 0 Å². The fourth-order valence-corrected chi connectivity index (χ4v) is 3.67. The molecule has 25 heavy (non-hydrogen) atoms. The average molecular weight is 355 g/mol. The van der Waals surface area contributed by atoms with Crippen LogP contribution in [0, 0.1) is 0 Å². The minimum Gasteiger partial charge on any atom is -0.375 e. The Hall–Kier alpha value is -0.0400. The van der Waals surface area contributed by atoms with Crippen molar-refractivity contribution in [2.24, 2.45) is 0 Å². The molecule has 0 aromatic carbocycles. The molecule has 0 amide bonds. The predicted octanol–water partition coefficient (Wildman–Crippen LogP) is 8.84. The lowest BCUT2D eigenvalue weighted by molar-refractivity contribution is -0.0323. The predicted molar refractivity (Wildman–Crippen MR) is 114 cm³/mol. The van der Waals surface area contributed by atoms with Gasteiger partial charge in [-0.05, 0) is 25.7 Å². The molecule has 0 aromatic rings. The van der Waals surface area contributed by atoms with Gasteiger partial charge in [-0.25, -0.2) is 0 Å². The summed E-state index contributed by atoms with van der Waals surface area (Å²) in [6, 6.07) is 0. The third-order valence-corrected chi connectivity index (χ3v) is 5.40. The van der Waals surface area contributed by atoms with Gasteiger partial charge in [0, 0.05) is 0 Å². The Morgan fingerprint density at radius 3 is 1.00 bits per heavy atom. The van der Waals surface area contributed by atoms with Crippen molar-refractivity contribution in [1.29, 1.82) is 0 Å². The quantitative estimate of drug-likeness (QED) is 0.198. The summed E-state index contributed by atoms with van der Waals surface area (Å²) in [4.78, 5) is 0. The van der Waals surface area contributed by atoms with E-state index in [0.29, 0.717) is 12.2 Å². The van der Waals surface area contributed by atoms with Crippen molar-refractivity contribution < 1.29 is 4.74 Å². The lowest BCUT2D eigenvalue weighted by Crippen LogP contribution is -2.23. The van der Waals surface area contributed by atoms with Gasteiger partial charge in [-0.15, -0.1) is 0 Å². The van der Waals surface area contributed by atoms with Crippen LogP contribution in [0.1, 0.15) is 143 Å². The van der Waals surface area contributed by atoms with Gasteiger partial charge in [0.15, 0.2) is 0 Å². The van der Waals surface area contributed by atoms with E-state index in [-0.39, 0.29) is 0 Å². The van der Waals surface area contributed by atoms with Gasteiger partial charge >= 0.3 is 0 Å². The van der Waals surface area contributed by atoms with Gasteiger partial charge in [0.1, 0.15) is 0 Å². The molecule has 0 spiro atoms. The maximum atomic E-state index is 6.70. The van der Waals surface area contributed by atoms with Crippen molar-refractivity contribution in [2.45, 2.75) is 155 Å². The number of hydrogen-bond donors (Lipinski definition) is 0. The van der Waals surface area contributed by atoms with Gasteiger partial charge in [-0.3, -0.25) is 0 Å². The van der Waals surface area contributed by atoms with Crippen LogP contribution in [0.3, 0.4) is 0 Å². The summed E-state index contributed by atoms with van der Waals surface area (Å²) in [7, 11) is 0. The molecule has 0 N–H and O–H groups in total. The normalized spacial score (nSPS) is 13.9. The zero-order valence-corrected chi connectivity index (χ0v) is 18.3. The molecule has 1 nitrogen and oxygen atoms in total. The van der Waals surface area contributed by atoms with E-state index in [0.717, 1.165) is 0 Å². The Morgan fingerprint density at radius 1 is 0.400 bits per heavy atom. The molecule has 2 atom stereocenters. The van der Waals surface area contributed by atoms with Crippen molar-refractivity contribution >= 4 is 0 Å². The number of rotatable bonds is 20. The molecule has 2 unspecified atom stereocenters. The smallest absolute Gasteiger partial charge is 0.0578 e. The lowest BCUT2D eigenvalue weighted by atomic mass is 10.0. The third kappa shape index (κ3) is 17.1. The van der Waals surface area contributed by atoms with E-state index < -0.39 is 0 Å². The van der Waals surface area contributed by atoms with E-state index in [4.69, 9.17) is 4.74 Å². The Labute approximate surface area is 160 Å². The summed E-state index contributed by atoms with van der Waals surface area (Å²) >= 11 is 0. The van der Waals surface area contributed by atoms with Crippen LogP contribution in [0.4, 0.5) is 0 Å². The standard InChI is InChI=1S/C24H50O/c1-5-9-13-17-21-23(19-15-11-7-3)25-24(20-16-12-8-4)22-18-14-10-6-2/h23-24H,5-22H2,1-4H3. The third-order valence-electron chi connectivity index (χ3n) is 5.40. The highest BCUT2D eigenvalue weighted by Crippen LogP contribution is 2.22. The molecule has 0 aliphatic rings. The largest absolute Gasteiger partial charge is 0.375 e. The molecule has 0 aliphatic carbocycles. The van der Waals surface area contributed by atoms with Crippen molar-refractivity contribution in [2.75, 3.05) is 0 Å². The van der Waals surface area contributed by atoms with Crippen molar-refractivity contribution in [1.82, 2.24) is 0 Å². The summed E-state index contributed by atoms with van der Waals surface area (Å²) in [5.74, 6) is 0.